The summed E-state index contributed by atoms with van der Waals surface area (Å²) in [6.45, 7) is 0.490. The van der Waals surface area contributed by atoms with Gasteiger partial charge in [-0.2, -0.15) is 0 Å². The van der Waals surface area contributed by atoms with Gasteiger partial charge in [0.15, 0.2) is 0 Å². The minimum atomic E-state index is -0.288. The molecule has 3 aromatic rings. The molecule has 3 rings (SSSR count). The highest BCUT2D eigenvalue weighted by Gasteiger charge is 2.06. The first kappa shape index (κ1) is 15.6. The Morgan fingerprint density at radius 1 is 0.958 bits per heavy atom. The van der Waals surface area contributed by atoms with Gasteiger partial charge in [0.1, 0.15) is 12.4 Å². The molecule has 5 heteroatoms. The van der Waals surface area contributed by atoms with Gasteiger partial charge in [-0.25, -0.2) is 0 Å². The summed E-state index contributed by atoms with van der Waals surface area (Å²) in [5.74, 6) is 0.435. The van der Waals surface area contributed by atoms with Crippen molar-refractivity contribution in [3.05, 3.63) is 94.4 Å². The Bertz CT molecular complexity index is 851. The minimum absolute atomic E-state index is 0.244. The lowest BCUT2D eigenvalue weighted by Crippen LogP contribution is -2.14. The summed E-state index contributed by atoms with van der Waals surface area (Å²) in [7, 11) is 0. The lowest BCUT2D eigenvalue weighted by Gasteiger charge is -2.08. The van der Waals surface area contributed by atoms with E-state index in [2.05, 4.69) is 10.3 Å². The zero-order valence-electron chi connectivity index (χ0n) is 12.9. The van der Waals surface area contributed by atoms with Gasteiger partial charge in [-0.15, -0.1) is 0 Å². The quantitative estimate of drug-likeness (QED) is 0.758. The number of aromatic amines is 1. The number of nitrogens with one attached hydrogen (secondary N) is 2. The number of amides is 1. The molecule has 2 aromatic carbocycles. The van der Waals surface area contributed by atoms with E-state index in [1.54, 1.807) is 24.3 Å². The smallest absolute Gasteiger partial charge is 0.257 e. The van der Waals surface area contributed by atoms with Crippen LogP contribution in [0, 0.1) is 0 Å². The van der Waals surface area contributed by atoms with Gasteiger partial charge in [-0.05, 0) is 35.9 Å². The molecule has 0 unspecified atom stereocenters. The van der Waals surface area contributed by atoms with Gasteiger partial charge in [-0.1, -0.05) is 30.3 Å². The van der Waals surface area contributed by atoms with Crippen molar-refractivity contribution in [1.82, 2.24) is 4.98 Å². The van der Waals surface area contributed by atoms with Crippen molar-refractivity contribution in [2.45, 2.75) is 6.61 Å². The van der Waals surface area contributed by atoms with Crippen molar-refractivity contribution in [3.8, 4) is 5.75 Å². The SMILES string of the molecule is O=C(Nc1ccc(OCc2ccccc2)cc1)c1ccc(=O)[nH]c1. The average molecular weight is 320 g/mol. The summed E-state index contributed by atoms with van der Waals surface area (Å²) in [5, 5.41) is 2.76. The van der Waals surface area contributed by atoms with E-state index >= 15 is 0 Å². The van der Waals surface area contributed by atoms with Crippen molar-refractivity contribution >= 4 is 11.6 Å². The van der Waals surface area contributed by atoms with E-state index < -0.39 is 0 Å². The van der Waals surface area contributed by atoms with E-state index in [1.807, 2.05) is 30.3 Å². The number of carbonyl (C=O) groups is 1. The van der Waals surface area contributed by atoms with E-state index in [-0.39, 0.29) is 11.5 Å². The molecular weight excluding hydrogens is 304 g/mol. The lowest BCUT2D eigenvalue weighted by molar-refractivity contribution is 0.102. The summed E-state index contributed by atoms with van der Waals surface area (Å²) < 4.78 is 5.70. The average Bonchev–Trinajstić information content (AvgIpc) is 2.62. The fraction of sp³-hybridized carbons (Fsp3) is 0.0526. The Morgan fingerprint density at radius 2 is 1.71 bits per heavy atom. The summed E-state index contributed by atoms with van der Waals surface area (Å²) in [6, 6.07) is 19.8. The van der Waals surface area contributed by atoms with Crippen molar-refractivity contribution in [2.75, 3.05) is 5.32 Å². The maximum absolute atomic E-state index is 12.1. The third kappa shape index (κ3) is 4.10. The molecule has 1 amide bonds. The molecule has 0 atom stereocenters. The van der Waals surface area contributed by atoms with Crippen molar-refractivity contribution in [3.63, 3.8) is 0 Å². The molecule has 1 aromatic heterocycles. The zero-order chi connectivity index (χ0) is 16.8. The van der Waals surface area contributed by atoms with Crippen molar-refractivity contribution < 1.29 is 9.53 Å². The van der Waals surface area contributed by atoms with Crippen LogP contribution in [0.4, 0.5) is 5.69 Å². The van der Waals surface area contributed by atoms with Crippen LogP contribution in [0.2, 0.25) is 0 Å². The van der Waals surface area contributed by atoms with Crippen LogP contribution in [0.5, 0.6) is 5.75 Å². The van der Waals surface area contributed by atoms with Gasteiger partial charge < -0.3 is 15.0 Å². The van der Waals surface area contributed by atoms with Gasteiger partial charge in [-0.3, -0.25) is 9.59 Å². The minimum Gasteiger partial charge on any atom is -0.489 e. The lowest BCUT2D eigenvalue weighted by atomic mass is 10.2. The van der Waals surface area contributed by atoms with Crippen LogP contribution in [-0.4, -0.2) is 10.9 Å². The molecule has 1 heterocycles. The fourth-order valence-electron chi connectivity index (χ4n) is 2.13. The first-order chi connectivity index (χ1) is 11.7. The number of aromatic nitrogens is 1. The molecule has 0 radical (unpaired) electrons. The molecule has 120 valence electrons. The van der Waals surface area contributed by atoms with Crippen LogP contribution >= 0.6 is 0 Å². The standard InChI is InChI=1S/C19H16N2O3/c22-18-11-6-15(12-20-18)19(23)21-16-7-9-17(10-8-16)24-13-14-4-2-1-3-5-14/h1-12H,13H2,(H,20,22)(H,21,23). The monoisotopic (exact) mass is 320 g/mol. The molecule has 0 fully saturated rings. The van der Waals surface area contributed by atoms with Crippen LogP contribution in [0.3, 0.4) is 0 Å². The number of pyridine rings is 1. The summed E-state index contributed by atoms with van der Waals surface area (Å²) in [5.41, 5.74) is 1.89. The second-order valence-corrected chi connectivity index (χ2v) is 5.19. The van der Waals surface area contributed by atoms with E-state index in [0.717, 1.165) is 11.3 Å². The molecule has 0 spiro atoms. The molecule has 0 bridgehead atoms. The largest absolute Gasteiger partial charge is 0.489 e. The number of hydrogen-bond donors (Lipinski definition) is 2. The van der Waals surface area contributed by atoms with Gasteiger partial charge in [0.25, 0.3) is 5.91 Å². The van der Waals surface area contributed by atoms with E-state index in [9.17, 15) is 9.59 Å². The molecule has 0 saturated heterocycles. The molecule has 0 aliphatic heterocycles. The number of ether oxygens (including phenoxy) is 1. The number of hydrogen-bond acceptors (Lipinski definition) is 3. The Balaban J connectivity index is 1.59. The van der Waals surface area contributed by atoms with Gasteiger partial charge >= 0.3 is 0 Å². The number of H-pyrrole nitrogens is 1. The Morgan fingerprint density at radius 3 is 2.38 bits per heavy atom. The number of benzene rings is 2. The summed E-state index contributed by atoms with van der Waals surface area (Å²) >= 11 is 0. The van der Waals surface area contributed by atoms with E-state index in [1.165, 1.54) is 18.3 Å². The van der Waals surface area contributed by atoms with Crippen molar-refractivity contribution in [1.29, 1.82) is 0 Å². The molecule has 0 saturated carbocycles. The first-order valence-corrected chi connectivity index (χ1v) is 7.47. The third-order valence-electron chi connectivity index (χ3n) is 3.41. The van der Waals surface area contributed by atoms with Crippen LogP contribution < -0.4 is 15.6 Å². The Hall–Kier alpha value is -3.34. The highest BCUT2D eigenvalue weighted by atomic mass is 16.5. The van der Waals surface area contributed by atoms with E-state index in [4.69, 9.17) is 4.74 Å². The predicted molar refractivity (Wildman–Crippen MR) is 92.2 cm³/mol. The Kier molecular flexibility index (Phi) is 4.72. The molecular formula is C19H16N2O3. The fourth-order valence-corrected chi connectivity index (χ4v) is 2.13. The normalized spacial score (nSPS) is 10.2. The van der Waals surface area contributed by atoms with Gasteiger partial charge in [0.05, 0.1) is 5.56 Å². The number of rotatable bonds is 5. The molecule has 5 nitrogen and oxygen atoms in total. The van der Waals surface area contributed by atoms with Gasteiger partial charge in [0.2, 0.25) is 5.56 Å². The highest BCUT2D eigenvalue weighted by molar-refractivity contribution is 6.04. The molecule has 2 N–H and O–H groups in total. The zero-order valence-corrected chi connectivity index (χ0v) is 12.9. The predicted octanol–water partition coefficient (Wildman–Crippen LogP) is 3.21. The molecule has 0 aliphatic carbocycles. The van der Waals surface area contributed by atoms with Crippen molar-refractivity contribution in [2.24, 2.45) is 0 Å². The van der Waals surface area contributed by atoms with Crippen LogP contribution in [-0.2, 0) is 6.61 Å². The third-order valence-corrected chi connectivity index (χ3v) is 3.41. The second-order valence-electron chi connectivity index (χ2n) is 5.19. The first-order valence-electron chi connectivity index (χ1n) is 7.47. The van der Waals surface area contributed by atoms with Crippen LogP contribution in [0.1, 0.15) is 15.9 Å². The summed E-state index contributed by atoms with van der Waals surface area (Å²) in [4.78, 5) is 25.5. The Labute approximate surface area is 138 Å². The van der Waals surface area contributed by atoms with Crippen LogP contribution in [0.15, 0.2) is 77.7 Å². The maximum atomic E-state index is 12.1. The summed E-state index contributed by atoms with van der Waals surface area (Å²) in [6.07, 6.45) is 1.38. The topological polar surface area (TPSA) is 71.2 Å². The van der Waals surface area contributed by atoms with Crippen LogP contribution in [0.25, 0.3) is 0 Å². The van der Waals surface area contributed by atoms with E-state index in [0.29, 0.717) is 17.9 Å². The second kappa shape index (κ2) is 7.28. The highest BCUT2D eigenvalue weighted by Crippen LogP contribution is 2.17. The number of anilines is 1. The molecule has 24 heavy (non-hydrogen) atoms. The number of carbonyl (C=O) groups excluding carboxylic acids is 1. The molecule has 0 aliphatic rings. The maximum Gasteiger partial charge on any atom is 0.257 e. The van der Waals surface area contributed by atoms with Gasteiger partial charge in [0, 0.05) is 18.0 Å².